The summed E-state index contributed by atoms with van der Waals surface area (Å²) in [5.74, 6) is -1.18. The van der Waals surface area contributed by atoms with Crippen molar-refractivity contribution < 1.29 is 23.1 Å². The van der Waals surface area contributed by atoms with E-state index in [4.69, 9.17) is 9.84 Å². The highest BCUT2D eigenvalue weighted by Crippen LogP contribution is 2.10. The zero-order chi connectivity index (χ0) is 15.7. The molecule has 1 aromatic rings. The number of carboxylic acid groups (broad SMARTS) is 1. The SMILES string of the molecule is CCOCc1ccccc1CNS(=O)(=O)CCCC(=O)O. The summed E-state index contributed by atoms with van der Waals surface area (Å²) in [6.07, 6.45) is -0.0485. The number of hydrogen-bond donors (Lipinski definition) is 2. The van der Waals surface area contributed by atoms with E-state index in [1.54, 1.807) is 0 Å². The Kier molecular flexibility index (Phi) is 7.35. The number of hydrogen-bond acceptors (Lipinski definition) is 4. The number of ether oxygens (including phenoxy) is 1. The number of sulfonamides is 1. The van der Waals surface area contributed by atoms with Gasteiger partial charge in [-0.2, -0.15) is 0 Å². The number of carboxylic acids is 1. The highest BCUT2D eigenvalue weighted by Gasteiger charge is 2.12. The lowest BCUT2D eigenvalue weighted by Crippen LogP contribution is -2.26. The molecule has 1 rings (SSSR count). The van der Waals surface area contributed by atoms with Gasteiger partial charge in [-0.25, -0.2) is 13.1 Å². The van der Waals surface area contributed by atoms with Crippen molar-refractivity contribution in [3.8, 4) is 0 Å². The first-order valence-corrected chi connectivity index (χ1v) is 8.43. The molecular formula is C14H21NO5S. The van der Waals surface area contributed by atoms with Gasteiger partial charge in [0.25, 0.3) is 0 Å². The molecular weight excluding hydrogens is 294 g/mol. The van der Waals surface area contributed by atoms with E-state index in [2.05, 4.69) is 4.72 Å². The summed E-state index contributed by atoms with van der Waals surface area (Å²) in [6.45, 7) is 3.11. The summed E-state index contributed by atoms with van der Waals surface area (Å²) >= 11 is 0. The molecule has 21 heavy (non-hydrogen) atoms. The van der Waals surface area contributed by atoms with Crippen molar-refractivity contribution in [2.45, 2.75) is 32.9 Å². The summed E-state index contributed by atoms with van der Waals surface area (Å²) in [5.41, 5.74) is 1.79. The van der Waals surface area contributed by atoms with Gasteiger partial charge in [0.15, 0.2) is 0 Å². The lowest BCUT2D eigenvalue weighted by atomic mass is 10.1. The fourth-order valence-electron chi connectivity index (χ4n) is 1.76. The van der Waals surface area contributed by atoms with Gasteiger partial charge in [0.05, 0.1) is 12.4 Å². The second-order valence-electron chi connectivity index (χ2n) is 4.54. The molecule has 0 aliphatic carbocycles. The molecule has 0 heterocycles. The van der Waals surface area contributed by atoms with Crippen molar-refractivity contribution in [3.05, 3.63) is 35.4 Å². The quantitative estimate of drug-likeness (QED) is 0.682. The third-order valence-corrected chi connectivity index (χ3v) is 4.28. The smallest absolute Gasteiger partial charge is 0.303 e. The van der Waals surface area contributed by atoms with Gasteiger partial charge >= 0.3 is 5.97 Å². The van der Waals surface area contributed by atoms with Crippen molar-refractivity contribution >= 4 is 16.0 Å². The molecule has 0 aliphatic heterocycles. The van der Waals surface area contributed by atoms with E-state index in [0.29, 0.717) is 13.2 Å². The summed E-state index contributed by atoms with van der Waals surface area (Å²) in [6, 6.07) is 7.45. The van der Waals surface area contributed by atoms with E-state index in [1.807, 2.05) is 31.2 Å². The molecule has 0 aliphatic rings. The van der Waals surface area contributed by atoms with E-state index < -0.39 is 16.0 Å². The van der Waals surface area contributed by atoms with Crippen molar-refractivity contribution in [1.29, 1.82) is 0 Å². The largest absolute Gasteiger partial charge is 0.481 e. The van der Waals surface area contributed by atoms with Gasteiger partial charge in [-0.1, -0.05) is 24.3 Å². The highest BCUT2D eigenvalue weighted by atomic mass is 32.2. The molecule has 0 radical (unpaired) electrons. The molecule has 0 amide bonds. The number of carbonyl (C=O) groups is 1. The monoisotopic (exact) mass is 315 g/mol. The Hall–Kier alpha value is -1.44. The molecule has 6 nitrogen and oxygen atoms in total. The van der Waals surface area contributed by atoms with Crippen LogP contribution in [0.15, 0.2) is 24.3 Å². The first-order chi connectivity index (χ1) is 9.94. The van der Waals surface area contributed by atoms with Crippen LogP contribution in [0.4, 0.5) is 0 Å². The molecule has 0 fully saturated rings. The molecule has 118 valence electrons. The normalized spacial score (nSPS) is 11.5. The molecule has 0 bridgehead atoms. The molecule has 2 N–H and O–H groups in total. The molecule has 0 unspecified atom stereocenters. The molecule has 0 spiro atoms. The molecule has 7 heteroatoms. The summed E-state index contributed by atoms with van der Waals surface area (Å²) < 4.78 is 31.4. The van der Waals surface area contributed by atoms with E-state index >= 15 is 0 Å². The maximum absolute atomic E-state index is 11.8. The Morgan fingerprint density at radius 2 is 1.95 bits per heavy atom. The standard InChI is InChI=1S/C14H21NO5S/c1-2-20-11-13-7-4-3-6-12(13)10-15-21(18,19)9-5-8-14(16)17/h3-4,6-7,15H,2,5,8-11H2,1H3,(H,16,17). The Bertz CT molecular complexity index is 556. The molecule has 0 aromatic heterocycles. The van der Waals surface area contributed by atoms with E-state index in [0.717, 1.165) is 11.1 Å². The van der Waals surface area contributed by atoms with Gasteiger partial charge in [-0.3, -0.25) is 4.79 Å². The molecule has 0 atom stereocenters. The van der Waals surface area contributed by atoms with E-state index in [1.165, 1.54) is 0 Å². The van der Waals surface area contributed by atoms with Gasteiger partial charge in [-0.05, 0) is 24.5 Å². The van der Waals surface area contributed by atoms with Crippen LogP contribution in [0.2, 0.25) is 0 Å². The lowest BCUT2D eigenvalue weighted by Gasteiger charge is -2.11. The topological polar surface area (TPSA) is 92.7 Å². The van der Waals surface area contributed by atoms with Crippen LogP contribution in [-0.4, -0.2) is 31.9 Å². The number of benzene rings is 1. The van der Waals surface area contributed by atoms with Crippen LogP contribution in [0.1, 0.15) is 30.9 Å². The number of aliphatic carboxylic acids is 1. The summed E-state index contributed by atoms with van der Waals surface area (Å²) in [7, 11) is -3.47. The Morgan fingerprint density at radius 3 is 2.57 bits per heavy atom. The van der Waals surface area contributed by atoms with Crippen LogP contribution in [0.3, 0.4) is 0 Å². The summed E-state index contributed by atoms with van der Waals surface area (Å²) in [4.78, 5) is 10.4. The first kappa shape index (κ1) is 17.6. The molecule has 0 saturated carbocycles. The lowest BCUT2D eigenvalue weighted by molar-refractivity contribution is -0.137. The van der Waals surface area contributed by atoms with Crippen molar-refractivity contribution in [3.63, 3.8) is 0 Å². The maximum atomic E-state index is 11.8. The predicted octanol–water partition coefficient (Wildman–Crippen LogP) is 1.51. The number of nitrogens with one attached hydrogen (secondary N) is 1. The van der Waals surface area contributed by atoms with Gasteiger partial charge in [-0.15, -0.1) is 0 Å². The summed E-state index contributed by atoms with van der Waals surface area (Å²) in [5, 5.41) is 8.51. The predicted molar refractivity (Wildman–Crippen MR) is 79.3 cm³/mol. The van der Waals surface area contributed by atoms with Crippen molar-refractivity contribution in [1.82, 2.24) is 4.72 Å². The van der Waals surface area contributed by atoms with Crippen molar-refractivity contribution in [2.75, 3.05) is 12.4 Å². The van der Waals surface area contributed by atoms with Crippen LogP contribution in [0.25, 0.3) is 0 Å². The van der Waals surface area contributed by atoms with Crippen LogP contribution in [0.5, 0.6) is 0 Å². The third-order valence-electron chi connectivity index (χ3n) is 2.87. The Labute approximate surface area is 125 Å². The fourth-order valence-corrected chi connectivity index (χ4v) is 2.80. The minimum absolute atomic E-state index is 0.102. The van der Waals surface area contributed by atoms with Crippen molar-refractivity contribution in [2.24, 2.45) is 0 Å². The van der Waals surface area contributed by atoms with Crippen LogP contribution >= 0.6 is 0 Å². The van der Waals surface area contributed by atoms with Gasteiger partial charge in [0, 0.05) is 19.6 Å². The maximum Gasteiger partial charge on any atom is 0.303 e. The van der Waals surface area contributed by atoms with Crippen LogP contribution in [0, 0.1) is 0 Å². The zero-order valence-electron chi connectivity index (χ0n) is 12.0. The number of rotatable bonds is 10. The van der Waals surface area contributed by atoms with Gasteiger partial charge < -0.3 is 9.84 Å². The molecule has 1 aromatic carbocycles. The Balaban J connectivity index is 2.55. The van der Waals surface area contributed by atoms with E-state index in [-0.39, 0.29) is 25.1 Å². The first-order valence-electron chi connectivity index (χ1n) is 6.78. The van der Waals surface area contributed by atoms with Gasteiger partial charge in [0.2, 0.25) is 10.0 Å². The average molecular weight is 315 g/mol. The minimum atomic E-state index is -3.47. The second-order valence-corrected chi connectivity index (χ2v) is 6.47. The van der Waals surface area contributed by atoms with E-state index in [9.17, 15) is 13.2 Å². The molecule has 0 saturated heterocycles. The van der Waals surface area contributed by atoms with Gasteiger partial charge in [0.1, 0.15) is 0 Å². The minimum Gasteiger partial charge on any atom is -0.481 e. The average Bonchev–Trinajstić information content (AvgIpc) is 2.43. The van der Waals surface area contributed by atoms with Crippen LogP contribution in [-0.2, 0) is 32.7 Å². The van der Waals surface area contributed by atoms with Crippen LogP contribution < -0.4 is 4.72 Å². The Morgan fingerprint density at radius 1 is 1.29 bits per heavy atom. The zero-order valence-corrected chi connectivity index (χ0v) is 12.9. The fraction of sp³-hybridized carbons (Fsp3) is 0.500. The second kappa shape index (κ2) is 8.76. The third kappa shape index (κ3) is 7.22. The highest BCUT2D eigenvalue weighted by molar-refractivity contribution is 7.89.